The van der Waals surface area contributed by atoms with Crippen LogP contribution < -0.4 is 24.8 Å². The number of amides is 2. The van der Waals surface area contributed by atoms with Gasteiger partial charge < -0.3 is 24.8 Å². The van der Waals surface area contributed by atoms with Crippen molar-refractivity contribution in [1.82, 2.24) is 0 Å². The fraction of sp³-hybridized carbons (Fsp3) is 0.115. The van der Waals surface area contributed by atoms with Crippen LogP contribution in [0.5, 0.6) is 17.2 Å². The lowest BCUT2D eigenvalue weighted by Crippen LogP contribution is -2.20. The van der Waals surface area contributed by atoms with Crippen LogP contribution >= 0.6 is 23.2 Å². The lowest BCUT2D eigenvalue weighted by molar-refractivity contribution is -0.118. The maximum absolute atomic E-state index is 12.5. The zero-order chi connectivity index (χ0) is 26.1. The number of ether oxygens (including phenoxy) is 3. The van der Waals surface area contributed by atoms with E-state index < -0.39 is 11.8 Å². The summed E-state index contributed by atoms with van der Waals surface area (Å²) in [5.41, 5.74) is 1.33. The van der Waals surface area contributed by atoms with Gasteiger partial charge in [0, 0.05) is 16.4 Å². The molecule has 0 aliphatic rings. The van der Waals surface area contributed by atoms with Gasteiger partial charge in [0.05, 0.1) is 19.2 Å². The summed E-state index contributed by atoms with van der Waals surface area (Å²) >= 11 is 12.2. The zero-order valence-corrected chi connectivity index (χ0v) is 20.8. The normalized spacial score (nSPS) is 10.7. The maximum atomic E-state index is 12.5. The molecule has 0 bridgehead atoms. The molecule has 0 heterocycles. The Morgan fingerprint density at radius 3 is 2.19 bits per heavy atom. The average Bonchev–Trinajstić information content (AvgIpc) is 2.88. The number of carbonyl (C=O) groups is 2. The smallest absolute Gasteiger partial charge is 0.266 e. The molecule has 0 aromatic heterocycles. The van der Waals surface area contributed by atoms with Gasteiger partial charge in [-0.2, -0.15) is 5.26 Å². The van der Waals surface area contributed by atoms with Gasteiger partial charge in [-0.1, -0.05) is 23.2 Å². The minimum Gasteiger partial charge on any atom is -0.497 e. The number of rotatable bonds is 9. The lowest BCUT2D eigenvalue weighted by atomic mass is 10.1. The summed E-state index contributed by atoms with van der Waals surface area (Å²) in [6, 6.07) is 18.2. The Morgan fingerprint density at radius 1 is 0.944 bits per heavy atom. The second kappa shape index (κ2) is 12.5. The average molecular weight is 526 g/mol. The number of methoxy groups -OCH3 is 2. The summed E-state index contributed by atoms with van der Waals surface area (Å²) in [4.78, 5) is 24.8. The highest BCUT2D eigenvalue weighted by Crippen LogP contribution is 2.37. The number of halogens is 2. The third kappa shape index (κ3) is 7.15. The second-order valence-electron chi connectivity index (χ2n) is 7.23. The summed E-state index contributed by atoms with van der Waals surface area (Å²) in [7, 11) is 2.96. The number of hydrogen-bond donors (Lipinski definition) is 2. The standard InChI is InChI=1S/C26H21Cl2N3O5/c1-34-21-9-7-19(8-10-21)30-24(32)15-36-25-22(28)12-16(13-23(25)35-2)11-17(14-29)26(33)31-20-5-3-18(27)4-6-20/h3-13H,15H2,1-2H3,(H,30,32)(H,31,33)/b17-11-. The molecule has 0 fully saturated rings. The molecule has 0 aliphatic carbocycles. The molecule has 0 atom stereocenters. The van der Waals surface area contributed by atoms with E-state index in [0.29, 0.717) is 27.7 Å². The van der Waals surface area contributed by atoms with Crippen molar-refractivity contribution in [2.45, 2.75) is 0 Å². The minimum absolute atomic E-state index is 0.133. The van der Waals surface area contributed by atoms with Crippen molar-refractivity contribution >= 4 is 52.5 Å². The summed E-state index contributed by atoms with van der Waals surface area (Å²) in [5, 5.41) is 15.5. The van der Waals surface area contributed by atoms with Crippen molar-refractivity contribution in [1.29, 1.82) is 5.26 Å². The van der Waals surface area contributed by atoms with E-state index in [1.54, 1.807) is 55.6 Å². The van der Waals surface area contributed by atoms with Gasteiger partial charge in [-0.15, -0.1) is 0 Å². The predicted molar refractivity (Wildman–Crippen MR) is 139 cm³/mol. The maximum Gasteiger partial charge on any atom is 0.266 e. The quantitative estimate of drug-likeness (QED) is 0.279. The minimum atomic E-state index is -0.606. The number of nitrogens with zero attached hydrogens (tertiary/aromatic N) is 1. The van der Waals surface area contributed by atoms with Crippen molar-refractivity contribution in [3.63, 3.8) is 0 Å². The van der Waals surface area contributed by atoms with E-state index >= 15 is 0 Å². The van der Waals surface area contributed by atoms with E-state index in [1.807, 2.05) is 6.07 Å². The number of anilines is 2. The van der Waals surface area contributed by atoms with Crippen LogP contribution in [0.25, 0.3) is 6.08 Å². The molecule has 0 aliphatic heterocycles. The number of nitrogens with one attached hydrogen (secondary N) is 2. The van der Waals surface area contributed by atoms with E-state index in [1.165, 1.54) is 25.3 Å². The number of hydrogen-bond acceptors (Lipinski definition) is 6. The largest absolute Gasteiger partial charge is 0.497 e. The number of nitriles is 1. The molecular weight excluding hydrogens is 505 g/mol. The molecule has 36 heavy (non-hydrogen) atoms. The zero-order valence-electron chi connectivity index (χ0n) is 19.3. The van der Waals surface area contributed by atoms with Crippen molar-refractivity contribution in [2.75, 3.05) is 31.5 Å². The molecule has 0 spiro atoms. The predicted octanol–water partition coefficient (Wildman–Crippen LogP) is 5.57. The molecule has 8 nitrogen and oxygen atoms in total. The third-order valence-corrected chi connectivity index (χ3v) is 5.28. The highest BCUT2D eigenvalue weighted by Gasteiger charge is 2.16. The van der Waals surface area contributed by atoms with Crippen LogP contribution in [0.3, 0.4) is 0 Å². The molecule has 0 saturated carbocycles. The summed E-state index contributed by atoms with van der Waals surface area (Å²) in [6.07, 6.45) is 1.36. The molecule has 3 rings (SSSR count). The molecule has 0 unspecified atom stereocenters. The Labute approximate surface area is 218 Å². The van der Waals surface area contributed by atoms with Crippen molar-refractivity contribution in [2.24, 2.45) is 0 Å². The molecule has 184 valence electrons. The molecular formula is C26H21Cl2N3O5. The Kier molecular flexibility index (Phi) is 9.17. The van der Waals surface area contributed by atoms with Crippen LogP contribution in [0.2, 0.25) is 10.0 Å². The molecule has 0 saturated heterocycles. The first kappa shape index (κ1) is 26.4. The first-order valence-electron chi connectivity index (χ1n) is 10.5. The SMILES string of the molecule is COc1ccc(NC(=O)COc2c(Cl)cc(/C=C(/C#N)C(=O)Nc3ccc(Cl)cc3)cc2OC)cc1. The van der Waals surface area contributed by atoms with Crippen molar-refractivity contribution in [3.05, 3.63) is 81.8 Å². The summed E-state index contributed by atoms with van der Waals surface area (Å²) < 4.78 is 16.0. The van der Waals surface area contributed by atoms with Gasteiger partial charge in [0.15, 0.2) is 18.1 Å². The molecule has 3 aromatic carbocycles. The fourth-order valence-electron chi connectivity index (χ4n) is 3.02. The Balaban J connectivity index is 1.71. The van der Waals surface area contributed by atoms with Gasteiger partial charge in [0.1, 0.15) is 17.4 Å². The van der Waals surface area contributed by atoms with E-state index in [-0.39, 0.29) is 28.7 Å². The molecule has 10 heteroatoms. The number of carbonyl (C=O) groups excluding carboxylic acids is 2. The Hall–Kier alpha value is -4.19. The van der Waals surface area contributed by atoms with E-state index in [0.717, 1.165) is 0 Å². The summed E-state index contributed by atoms with van der Waals surface area (Å²) in [6.45, 7) is -0.329. The number of benzene rings is 3. The third-order valence-electron chi connectivity index (χ3n) is 4.75. The topological polar surface area (TPSA) is 110 Å². The molecule has 3 aromatic rings. The monoisotopic (exact) mass is 525 g/mol. The van der Waals surface area contributed by atoms with Crippen molar-refractivity contribution < 1.29 is 23.8 Å². The first-order valence-corrected chi connectivity index (χ1v) is 11.2. The fourth-order valence-corrected chi connectivity index (χ4v) is 3.42. The van der Waals surface area contributed by atoms with E-state index in [9.17, 15) is 14.9 Å². The van der Waals surface area contributed by atoms with E-state index in [4.69, 9.17) is 37.4 Å². The molecule has 2 N–H and O–H groups in total. The Morgan fingerprint density at radius 2 is 1.58 bits per heavy atom. The van der Waals surface area contributed by atoms with Gasteiger partial charge in [0.2, 0.25) is 0 Å². The molecule has 0 radical (unpaired) electrons. The lowest BCUT2D eigenvalue weighted by Gasteiger charge is -2.14. The van der Waals surface area contributed by atoms with Crippen molar-refractivity contribution in [3.8, 4) is 23.3 Å². The van der Waals surface area contributed by atoms with Crippen LogP contribution in [-0.4, -0.2) is 32.6 Å². The first-order chi connectivity index (χ1) is 17.3. The summed E-state index contributed by atoms with van der Waals surface area (Å²) in [5.74, 6) is 0.0157. The van der Waals surface area contributed by atoms with E-state index in [2.05, 4.69) is 10.6 Å². The molecule has 2 amide bonds. The Bertz CT molecular complexity index is 1320. The van der Waals surface area contributed by atoms with Crippen LogP contribution in [0.1, 0.15) is 5.56 Å². The van der Waals surface area contributed by atoms with Gasteiger partial charge in [-0.3, -0.25) is 9.59 Å². The van der Waals surface area contributed by atoms with Gasteiger partial charge in [0.25, 0.3) is 11.8 Å². The van der Waals surface area contributed by atoms with Crippen LogP contribution in [-0.2, 0) is 9.59 Å². The van der Waals surface area contributed by atoms with Crippen LogP contribution in [0, 0.1) is 11.3 Å². The second-order valence-corrected chi connectivity index (χ2v) is 8.07. The highest BCUT2D eigenvalue weighted by atomic mass is 35.5. The van der Waals surface area contributed by atoms with Gasteiger partial charge >= 0.3 is 0 Å². The van der Waals surface area contributed by atoms with Crippen LogP contribution in [0.4, 0.5) is 11.4 Å². The van der Waals surface area contributed by atoms with Crippen LogP contribution in [0.15, 0.2) is 66.2 Å². The van der Waals surface area contributed by atoms with Gasteiger partial charge in [-0.25, -0.2) is 0 Å². The highest BCUT2D eigenvalue weighted by molar-refractivity contribution is 6.32. The van der Waals surface area contributed by atoms with Gasteiger partial charge in [-0.05, 0) is 72.3 Å².